The van der Waals surface area contributed by atoms with Crippen LogP contribution in [0.1, 0.15) is 41.5 Å². The van der Waals surface area contributed by atoms with E-state index in [1.807, 2.05) is 6.92 Å². The lowest BCUT2D eigenvalue weighted by Gasteiger charge is -2.27. The molecule has 2 atom stereocenters. The fraction of sp³-hybridized carbons (Fsp3) is 0.615. The van der Waals surface area contributed by atoms with E-state index in [-0.39, 0.29) is 28.3 Å². The minimum atomic E-state index is -3.76. The number of hydrogen-bond acceptors (Lipinski definition) is 4. The van der Waals surface area contributed by atoms with Crippen LogP contribution in [0.3, 0.4) is 0 Å². The van der Waals surface area contributed by atoms with Crippen molar-refractivity contribution in [2.24, 2.45) is 0 Å². The Morgan fingerprint density at radius 3 is 2.62 bits per heavy atom. The van der Waals surface area contributed by atoms with Crippen LogP contribution in [0.5, 0.6) is 0 Å². The van der Waals surface area contributed by atoms with Crippen molar-refractivity contribution in [2.45, 2.75) is 50.7 Å². The molecule has 1 fully saturated rings. The molecule has 0 spiro atoms. The molecule has 1 aromatic rings. The molecule has 8 heteroatoms. The second-order valence-electron chi connectivity index (χ2n) is 5.41. The molecule has 1 aliphatic rings. The third-order valence-corrected chi connectivity index (χ3v) is 5.45. The van der Waals surface area contributed by atoms with Crippen LogP contribution in [0.15, 0.2) is 4.90 Å². The van der Waals surface area contributed by atoms with E-state index in [0.29, 0.717) is 25.1 Å². The van der Waals surface area contributed by atoms with Crippen LogP contribution in [-0.2, 0) is 14.8 Å². The van der Waals surface area contributed by atoms with E-state index in [0.717, 1.165) is 0 Å². The molecule has 21 heavy (non-hydrogen) atoms. The van der Waals surface area contributed by atoms with Gasteiger partial charge in [-0.05, 0) is 33.6 Å². The van der Waals surface area contributed by atoms with Crippen molar-refractivity contribution in [3.8, 4) is 0 Å². The monoisotopic (exact) mass is 316 g/mol. The van der Waals surface area contributed by atoms with Crippen molar-refractivity contribution in [1.29, 1.82) is 0 Å². The Labute approximate surface area is 123 Å². The van der Waals surface area contributed by atoms with Crippen LogP contribution in [0.4, 0.5) is 0 Å². The zero-order valence-electron chi connectivity index (χ0n) is 12.3. The second kappa shape index (κ2) is 5.78. The second-order valence-corrected chi connectivity index (χ2v) is 7.06. The van der Waals surface area contributed by atoms with E-state index >= 15 is 0 Å². The first-order valence-electron chi connectivity index (χ1n) is 6.78. The van der Waals surface area contributed by atoms with Gasteiger partial charge in [0.05, 0.1) is 6.10 Å². The van der Waals surface area contributed by atoms with Gasteiger partial charge in [-0.2, -0.15) is 0 Å². The van der Waals surface area contributed by atoms with Gasteiger partial charge in [0.25, 0.3) is 0 Å². The largest absolute Gasteiger partial charge is 0.477 e. The van der Waals surface area contributed by atoms with Gasteiger partial charge in [0.2, 0.25) is 10.0 Å². The van der Waals surface area contributed by atoms with Crippen molar-refractivity contribution in [1.82, 2.24) is 9.71 Å². The van der Waals surface area contributed by atoms with E-state index in [9.17, 15) is 13.2 Å². The quantitative estimate of drug-likeness (QED) is 0.773. The molecule has 1 aromatic heterocycles. The van der Waals surface area contributed by atoms with Crippen molar-refractivity contribution in [3.05, 3.63) is 17.0 Å². The molecule has 0 saturated carbocycles. The normalized spacial score (nSPS) is 23.2. The van der Waals surface area contributed by atoms with E-state index < -0.39 is 16.0 Å². The summed E-state index contributed by atoms with van der Waals surface area (Å²) in [5.74, 6) is -1.17. The van der Waals surface area contributed by atoms with Crippen LogP contribution in [0.2, 0.25) is 0 Å². The van der Waals surface area contributed by atoms with Gasteiger partial charge < -0.3 is 14.8 Å². The number of ether oxygens (including phenoxy) is 1. The van der Waals surface area contributed by atoms with Crippen molar-refractivity contribution in [2.75, 3.05) is 6.61 Å². The molecule has 0 bridgehead atoms. The highest BCUT2D eigenvalue weighted by atomic mass is 32.2. The van der Waals surface area contributed by atoms with Gasteiger partial charge in [-0.3, -0.25) is 0 Å². The van der Waals surface area contributed by atoms with Gasteiger partial charge in [0, 0.05) is 23.9 Å². The topological polar surface area (TPSA) is 108 Å². The number of aromatic nitrogens is 1. The number of nitrogens with one attached hydrogen (secondary N) is 2. The number of carboxylic acids is 1. The number of hydrogen-bond donors (Lipinski definition) is 3. The number of rotatable bonds is 4. The first-order chi connectivity index (χ1) is 9.72. The summed E-state index contributed by atoms with van der Waals surface area (Å²) in [4.78, 5) is 13.7. The molecule has 0 amide bonds. The molecule has 2 unspecified atom stereocenters. The van der Waals surface area contributed by atoms with Gasteiger partial charge in [0.15, 0.2) is 0 Å². The van der Waals surface area contributed by atoms with Crippen molar-refractivity contribution in [3.63, 3.8) is 0 Å². The van der Waals surface area contributed by atoms with E-state index in [2.05, 4.69) is 9.71 Å². The van der Waals surface area contributed by atoms with Crippen LogP contribution < -0.4 is 4.72 Å². The van der Waals surface area contributed by atoms with Gasteiger partial charge in [0.1, 0.15) is 10.6 Å². The Balaban J connectivity index is 2.29. The lowest BCUT2D eigenvalue weighted by atomic mass is 10.1. The SMILES string of the molecule is Cc1[nH]c(C(=O)O)c(C)c1S(=O)(=O)NC1CCOC(C)C1. The smallest absolute Gasteiger partial charge is 0.352 e. The summed E-state index contributed by atoms with van der Waals surface area (Å²) < 4.78 is 33.1. The Morgan fingerprint density at radius 2 is 2.10 bits per heavy atom. The summed E-state index contributed by atoms with van der Waals surface area (Å²) >= 11 is 0. The van der Waals surface area contributed by atoms with E-state index in [4.69, 9.17) is 9.84 Å². The molecule has 1 aliphatic heterocycles. The van der Waals surface area contributed by atoms with Crippen LogP contribution in [0, 0.1) is 13.8 Å². The molecule has 0 aromatic carbocycles. The minimum Gasteiger partial charge on any atom is -0.477 e. The molecular formula is C13H20N2O5S. The number of H-pyrrole nitrogens is 1. The molecule has 7 nitrogen and oxygen atoms in total. The standard InChI is InChI=1S/C13H20N2O5S/c1-7-6-10(4-5-20-7)15-21(18,19)12-8(2)11(13(16)17)14-9(12)3/h7,10,14-15H,4-6H2,1-3H3,(H,16,17). The van der Waals surface area contributed by atoms with Gasteiger partial charge in [-0.25, -0.2) is 17.9 Å². The number of carbonyl (C=O) groups is 1. The molecular weight excluding hydrogens is 296 g/mol. The predicted octanol–water partition coefficient (Wildman–Crippen LogP) is 1.18. The maximum atomic E-state index is 12.5. The third-order valence-electron chi connectivity index (χ3n) is 3.66. The Bertz CT molecular complexity index is 650. The van der Waals surface area contributed by atoms with Gasteiger partial charge in [-0.1, -0.05) is 0 Å². The maximum absolute atomic E-state index is 12.5. The molecule has 2 rings (SSSR count). The van der Waals surface area contributed by atoms with Crippen LogP contribution in [0.25, 0.3) is 0 Å². The minimum absolute atomic E-state index is 0.00875. The molecule has 3 N–H and O–H groups in total. The summed E-state index contributed by atoms with van der Waals surface area (Å²) in [7, 11) is -3.76. The summed E-state index contributed by atoms with van der Waals surface area (Å²) in [6.07, 6.45) is 1.22. The average molecular weight is 316 g/mol. The number of aromatic amines is 1. The summed E-state index contributed by atoms with van der Waals surface area (Å²) in [5.41, 5.74) is 0.471. The first-order valence-corrected chi connectivity index (χ1v) is 8.27. The highest BCUT2D eigenvalue weighted by Crippen LogP contribution is 2.24. The number of sulfonamides is 1. The van der Waals surface area contributed by atoms with Gasteiger partial charge >= 0.3 is 5.97 Å². The third kappa shape index (κ3) is 3.28. The zero-order valence-corrected chi connectivity index (χ0v) is 13.1. The molecule has 0 radical (unpaired) electrons. The van der Waals surface area contributed by atoms with Crippen LogP contribution >= 0.6 is 0 Å². The van der Waals surface area contributed by atoms with Crippen molar-refractivity contribution >= 4 is 16.0 Å². The number of carboxylic acid groups (broad SMARTS) is 1. The average Bonchev–Trinajstić information content (AvgIpc) is 2.64. The summed E-state index contributed by atoms with van der Waals surface area (Å²) in [6.45, 7) is 5.46. The van der Waals surface area contributed by atoms with Crippen LogP contribution in [-0.4, -0.2) is 43.2 Å². The Kier molecular flexibility index (Phi) is 4.40. The Hall–Kier alpha value is -1.38. The van der Waals surface area contributed by atoms with E-state index in [1.54, 1.807) is 6.92 Å². The zero-order chi connectivity index (χ0) is 15.8. The lowest BCUT2D eigenvalue weighted by Crippen LogP contribution is -2.41. The Morgan fingerprint density at radius 1 is 1.43 bits per heavy atom. The van der Waals surface area contributed by atoms with E-state index in [1.165, 1.54) is 6.92 Å². The van der Waals surface area contributed by atoms with Crippen molar-refractivity contribution < 1.29 is 23.1 Å². The van der Waals surface area contributed by atoms with Gasteiger partial charge in [-0.15, -0.1) is 0 Å². The molecule has 0 aliphatic carbocycles. The highest BCUT2D eigenvalue weighted by Gasteiger charge is 2.30. The molecule has 2 heterocycles. The number of aryl methyl sites for hydroxylation is 1. The lowest BCUT2D eigenvalue weighted by molar-refractivity contribution is 0.0173. The number of aromatic carboxylic acids is 1. The highest BCUT2D eigenvalue weighted by molar-refractivity contribution is 7.89. The first kappa shape index (κ1) is 16.0. The fourth-order valence-electron chi connectivity index (χ4n) is 2.73. The molecule has 118 valence electrons. The fourth-order valence-corrected chi connectivity index (χ4v) is 4.46. The summed E-state index contributed by atoms with van der Waals surface area (Å²) in [6, 6.07) is -0.194. The predicted molar refractivity (Wildman–Crippen MR) is 76.0 cm³/mol. The maximum Gasteiger partial charge on any atom is 0.352 e. The summed E-state index contributed by atoms with van der Waals surface area (Å²) in [5, 5.41) is 9.06. The molecule has 1 saturated heterocycles.